The van der Waals surface area contributed by atoms with Crippen molar-refractivity contribution in [3.8, 4) is 5.75 Å². The summed E-state index contributed by atoms with van der Waals surface area (Å²) in [5.74, 6) is -0.756. The zero-order chi connectivity index (χ0) is 17.0. The van der Waals surface area contributed by atoms with E-state index in [1.807, 2.05) is 0 Å². The van der Waals surface area contributed by atoms with Crippen LogP contribution in [0.5, 0.6) is 5.75 Å². The highest BCUT2D eigenvalue weighted by molar-refractivity contribution is 5.85. The van der Waals surface area contributed by atoms with E-state index in [2.05, 4.69) is 0 Å². The Bertz CT molecular complexity index is 553. The smallest absolute Gasteiger partial charge is 0.328 e. The number of aliphatic carboxylic acids is 1. The fourth-order valence-electron chi connectivity index (χ4n) is 2.12. The molecule has 5 atom stereocenters. The van der Waals surface area contributed by atoms with Gasteiger partial charge in [0, 0.05) is 6.08 Å². The number of benzene rings is 1. The Morgan fingerprint density at radius 3 is 2.35 bits per heavy atom. The molecule has 8 nitrogen and oxygen atoms in total. The van der Waals surface area contributed by atoms with Gasteiger partial charge in [-0.05, 0) is 23.8 Å². The van der Waals surface area contributed by atoms with Gasteiger partial charge in [0.15, 0.2) is 0 Å². The second-order valence-corrected chi connectivity index (χ2v) is 5.06. The molecule has 1 heterocycles. The van der Waals surface area contributed by atoms with Crippen LogP contribution in [0.2, 0.25) is 0 Å². The molecule has 1 aliphatic rings. The van der Waals surface area contributed by atoms with Crippen LogP contribution in [0.3, 0.4) is 0 Å². The lowest BCUT2D eigenvalue weighted by Crippen LogP contribution is -2.60. The zero-order valence-electron chi connectivity index (χ0n) is 12.0. The molecule has 0 unspecified atom stereocenters. The number of aliphatic hydroxyl groups is 4. The van der Waals surface area contributed by atoms with Gasteiger partial charge >= 0.3 is 5.97 Å². The van der Waals surface area contributed by atoms with E-state index in [4.69, 9.17) is 19.7 Å². The number of rotatable bonds is 5. The van der Waals surface area contributed by atoms with Crippen molar-refractivity contribution in [2.45, 2.75) is 30.7 Å². The second kappa shape index (κ2) is 7.53. The Morgan fingerprint density at radius 1 is 1.13 bits per heavy atom. The van der Waals surface area contributed by atoms with E-state index in [-0.39, 0.29) is 0 Å². The van der Waals surface area contributed by atoms with Crippen molar-refractivity contribution < 1.29 is 39.8 Å². The zero-order valence-corrected chi connectivity index (χ0v) is 12.0. The molecule has 0 aliphatic carbocycles. The van der Waals surface area contributed by atoms with Crippen LogP contribution in [-0.4, -0.2) is 68.8 Å². The minimum atomic E-state index is -1.51. The molecule has 2 rings (SSSR count). The van der Waals surface area contributed by atoms with Gasteiger partial charge in [-0.2, -0.15) is 0 Å². The van der Waals surface area contributed by atoms with Crippen molar-refractivity contribution >= 4 is 12.0 Å². The van der Waals surface area contributed by atoms with Gasteiger partial charge in [0.05, 0.1) is 6.61 Å². The van der Waals surface area contributed by atoms with Crippen LogP contribution in [-0.2, 0) is 9.53 Å². The van der Waals surface area contributed by atoms with E-state index in [9.17, 15) is 20.1 Å². The van der Waals surface area contributed by atoms with Gasteiger partial charge in [-0.15, -0.1) is 0 Å². The largest absolute Gasteiger partial charge is 0.478 e. The third-order valence-electron chi connectivity index (χ3n) is 3.40. The van der Waals surface area contributed by atoms with E-state index in [1.165, 1.54) is 18.2 Å². The van der Waals surface area contributed by atoms with E-state index in [1.54, 1.807) is 12.1 Å². The van der Waals surface area contributed by atoms with Crippen LogP contribution >= 0.6 is 0 Å². The van der Waals surface area contributed by atoms with Gasteiger partial charge in [-0.1, -0.05) is 12.1 Å². The number of aliphatic hydroxyl groups excluding tert-OH is 4. The first kappa shape index (κ1) is 17.4. The third-order valence-corrected chi connectivity index (χ3v) is 3.40. The number of ether oxygens (including phenoxy) is 2. The monoisotopic (exact) mass is 326 g/mol. The summed E-state index contributed by atoms with van der Waals surface area (Å²) in [5.41, 5.74) is 0.633. The Hall–Kier alpha value is -1.97. The molecule has 0 aromatic heterocycles. The average Bonchev–Trinajstić information content (AvgIpc) is 2.54. The highest BCUT2D eigenvalue weighted by atomic mass is 16.7. The predicted octanol–water partition coefficient (Wildman–Crippen LogP) is -1.04. The molecule has 126 valence electrons. The minimum absolute atomic E-state index is 0.307. The molecule has 0 spiro atoms. The topological polar surface area (TPSA) is 137 Å². The maximum Gasteiger partial charge on any atom is 0.328 e. The van der Waals surface area contributed by atoms with Gasteiger partial charge in [-0.25, -0.2) is 4.79 Å². The lowest BCUT2D eigenvalue weighted by Gasteiger charge is -2.39. The fraction of sp³-hybridized carbons (Fsp3) is 0.400. The van der Waals surface area contributed by atoms with Crippen molar-refractivity contribution in [2.75, 3.05) is 6.61 Å². The van der Waals surface area contributed by atoms with E-state index in [0.717, 1.165) is 6.08 Å². The fourth-order valence-corrected chi connectivity index (χ4v) is 2.12. The number of carbonyl (C=O) groups is 1. The summed E-state index contributed by atoms with van der Waals surface area (Å²) in [4.78, 5) is 10.4. The Kier molecular flexibility index (Phi) is 5.69. The SMILES string of the molecule is O=C(O)/C=C/c1ccc(O[C@@H]2O[C@H](CO)[C@@H](O)[C@@H](O)[C@H]2O)cc1. The quantitative estimate of drug-likeness (QED) is 0.433. The average molecular weight is 326 g/mol. The van der Waals surface area contributed by atoms with Crippen LogP contribution in [0.4, 0.5) is 0 Å². The maximum atomic E-state index is 10.4. The molecule has 1 aliphatic heterocycles. The van der Waals surface area contributed by atoms with E-state index >= 15 is 0 Å². The number of hydrogen-bond acceptors (Lipinski definition) is 7. The van der Waals surface area contributed by atoms with Crippen molar-refractivity contribution in [3.05, 3.63) is 35.9 Å². The molecule has 5 N–H and O–H groups in total. The van der Waals surface area contributed by atoms with Crippen LogP contribution in [0, 0.1) is 0 Å². The molecule has 0 amide bonds. The van der Waals surface area contributed by atoms with Gasteiger partial charge < -0.3 is 35.0 Å². The van der Waals surface area contributed by atoms with E-state index in [0.29, 0.717) is 11.3 Å². The molecule has 1 aromatic carbocycles. The highest BCUT2D eigenvalue weighted by Crippen LogP contribution is 2.24. The summed E-state index contributed by atoms with van der Waals surface area (Å²) in [6.07, 6.45) is -4.35. The van der Waals surface area contributed by atoms with Gasteiger partial charge in [-0.3, -0.25) is 0 Å². The summed E-state index contributed by atoms with van der Waals surface area (Å²) in [5, 5.41) is 46.9. The Labute approximate surface area is 131 Å². The first-order valence-electron chi connectivity index (χ1n) is 6.90. The molecule has 1 saturated heterocycles. The summed E-state index contributed by atoms with van der Waals surface area (Å²) in [6.45, 7) is -0.538. The normalized spacial score (nSPS) is 31.2. The van der Waals surface area contributed by atoms with Crippen molar-refractivity contribution in [3.63, 3.8) is 0 Å². The van der Waals surface area contributed by atoms with Crippen LogP contribution in [0.1, 0.15) is 5.56 Å². The summed E-state index contributed by atoms with van der Waals surface area (Å²) < 4.78 is 10.6. The van der Waals surface area contributed by atoms with Crippen LogP contribution < -0.4 is 4.74 Å². The van der Waals surface area contributed by atoms with E-state index < -0.39 is 43.3 Å². The number of hydrogen-bond donors (Lipinski definition) is 5. The van der Waals surface area contributed by atoms with Crippen LogP contribution in [0.25, 0.3) is 6.08 Å². The van der Waals surface area contributed by atoms with Crippen molar-refractivity contribution in [2.24, 2.45) is 0 Å². The van der Waals surface area contributed by atoms with Gasteiger partial charge in [0.25, 0.3) is 0 Å². The Balaban J connectivity index is 2.04. The molecular formula is C15H18O8. The van der Waals surface area contributed by atoms with Crippen molar-refractivity contribution in [1.29, 1.82) is 0 Å². The molecule has 0 saturated carbocycles. The third kappa shape index (κ3) is 4.27. The molecule has 1 fully saturated rings. The number of carboxylic acids is 1. The summed E-state index contributed by atoms with van der Waals surface area (Å²) in [7, 11) is 0. The first-order chi connectivity index (χ1) is 10.9. The molecular weight excluding hydrogens is 308 g/mol. The summed E-state index contributed by atoms with van der Waals surface area (Å²) in [6, 6.07) is 6.25. The molecule has 0 radical (unpaired) electrons. The molecule has 0 bridgehead atoms. The molecule has 1 aromatic rings. The Morgan fingerprint density at radius 2 is 1.78 bits per heavy atom. The predicted molar refractivity (Wildman–Crippen MR) is 77.5 cm³/mol. The van der Waals surface area contributed by atoms with Crippen molar-refractivity contribution in [1.82, 2.24) is 0 Å². The number of carboxylic acid groups (broad SMARTS) is 1. The highest BCUT2D eigenvalue weighted by Gasteiger charge is 2.44. The second-order valence-electron chi connectivity index (χ2n) is 5.06. The molecule has 23 heavy (non-hydrogen) atoms. The van der Waals surface area contributed by atoms with Gasteiger partial charge in [0.2, 0.25) is 6.29 Å². The first-order valence-corrected chi connectivity index (χ1v) is 6.90. The molecule has 8 heteroatoms. The van der Waals surface area contributed by atoms with Crippen LogP contribution in [0.15, 0.2) is 30.3 Å². The standard InChI is InChI=1S/C15H18O8/c16-7-10-12(19)13(20)14(21)15(23-10)22-9-4-1-8(2-5-9)3-6-11(17)18/h1-6,10,12-16,19-21H,7H2,(H,17,18)/b6-3+/t10-,12-,13-,14-,15-/m1/s1. The minimum Gasteiger partial charge on any atom is -0.478 e. The lowest BCUT2D eigenvalue weighted by molar-refractivity contribution is -0.277. The lowest BCUT2D eigenvalue weighted by atomic mass is 9.99. The maximum absolute atomic E-state index is 10.4. The van der Waals surface area contributed by atoms with Gasteiger partial charge in [0.1, 0.15) is 30.2 Å². The summed E-state index contributed by atoms with van der Waals surface area (Å²) >= 11 is 0.